The summed E-state index contributed by atoms with van der Waals surface area (Å²) in [5.74, 6) is -6.74. The SMILES string of the molecule is CCCCC=C(CC(=O)O)C(=O)O.CCCCC=C(CC(=O)O)C(=O)O.CCCCC=C(CC(=O)O)C(=O)O.CCCCO. The Labute approximate surface area is 259 Å². The quantitative estimate of drug-likeness (QED) is 0.0623. The molecule has 0 fully saturated rings. The van der Waals surface area contributed by atoms with Gasteiger partial charge in [-0.2, -0.15) is 0 Å². The van der Waals surface area contributed by atoms with Gasteiger partial charge in [0.1, 0.15) is 0 Å². The van der Waals surface area contributed by atoms with Crippen molar-refractivity contribution in [3.8, 4) is 0 Å². The summed E-state index contributed by atoms with van der Waals surface area (Å²) in [6, 6.07) is 0. The lowest BCUT2D eigenvalue weighted by Gasteiger charge is -1.97. The zero-order chi connectivity index (χ0) is 34.9. The number of aliphatic hydroxyl groups is 1. The molecule has 0 atom stereocenters. The highest BCUT2D eigenvalue weighted by Gasteiger charge is 2.12. The van der Waals surface area contributed by atoms with E-state index in [1.54, 1.807) is 0 Å². The second-order valence-electron chi connectivity index (χ2n) is 9.32. The van der Waals surface area contributed by atoms with Crippen LogP contribution in [-0.4, -0.2) is 78.2 Å². The molecular weight excluding hydrogens is 580 g/mol. The first-order valence-corrected chi connectivity index (χ1v) is 14.7. The number of aliphatic hydroxyl groups excluding tert-OH is 1. The van der Waals surface area contributed by atoms with Gasteiger partial charge in [-0.25, -0.2) is 14.4 Å². The lowest BCUT2D eigenvalue weighted by atomic mass is 10.1. The average Bonchev–Trinajstić information content (AvgIpc) is 2.92. The summed E-state index contributed by atoms with van der Waals surface area (Å²) in [6.07, 6.45) is 12.7. The van der Waals surface area contributed by atoms with E-state index in [1.807, 2.05) is 20.8 Å². The molecule has 0 saturated heterocycles. The third-order valence-corrected chi connectivity index (χ3v) is 5.21. The summed E-state index contributed by atoms with van der Waals surface area (Å²) in [4.78, 5) is 62.2. The van der Waals surface area contributed by atoms with Crippen molar-refractivity contribution >= 4 is 35.8 Å². The van der Waals surface area contributed by atoms with Crippen molar-refractivity contribution in [3.05, 3.63) is 34.9 Å². The number of rotatable bonds is 20. The van der Waals surface area contributed by atoms with Crippen LogP contribution in [0, 0.1) is 0 Å². The summed E-state index contributed by atoms with van der Waals surface area (Å²) in [7, 11) is 0. The summed E-state index contributed by atoms with van der Waals surface area (Å²) in [5.41, 5.74) is -0.0807. The van der Waals surface area contributed by atoms with Gasteiger partial charge in [-0.15, -0.1) is 0 Å². The normalized spacial score (nSPS) is 11.0. The summed E-state index contributed by atoms with van der Waals surface area (Å²) < 4.78 is 0. The number of hydrogen-bond donors (Lipinski definition) is 7. The summed E-state index contributed by atoms with van der Waals surface area (Å²) >= 11 is 0. The Morgan fingerprint density at radius 2 is 0.659 bits per heavy atom. The fraction of sp³-hybridized carbons (Fsp3) is 0.613. The molecule has 0 aliphatic carbocycles. The Kier molecular flexibility index (Phi) is 35.7. The number of unbranched alkanes of at least 4 members (excludes halogenated alkanes) is 7. The van der Waals surface area contributed by atoms with E-state index in [9.17, 15) is 28.8 Å². The topological polar surface area (TPSA) is 244 Å². The van der Waals surface area contributed by atoms with Crippen LogP contribution < -0.4 is 0 Å². The first-order chi connectivity index (χ1) is 20.6. The third-order valence-electron chi connectivity index (χ3n) is 5.21. The van der Waals surface area contributed by atoms with E-state index in [0.29, 0.717) is 25.9 Å². The minimum absolute atomic E-state index is 0.0269. The monoisotopic (exact) mass is 632 g/mol. The molecule has 0 radical (unpaired) electrons. The van der Waals surface area contributed by atoms with Gasteiger partial charge in [-0.05, 0) is 25.7 Å². The van der Waals surface area contributed by atoms with Gasteiger partial charge in [-0.3, -0.25) is 14.4 Å². The molecule has 0 saturated carbocycles. The number of aliphatic carboxylic acids is 6. The zero-order valence-electron chi connectivity index (χ0n) is 26.4. The van der Waals surface area contributed by atoms with E-state index in [0.717, 1.165) is 51.4 Å². The smallest absolute Gasteiger partial charge is 0.331 e. The number of carboxylic acids is 6. The maximum Gasteiger partial charge on any atom is 0.331 e. The van der Waals surface area contributed by atoms with Crippen LogP contribution in [0.3, 0.4) is 0 Å². The van der Waals surface area contributed by atoms with Crippen LogP contribution in [0.25, 0.3) is 0 Å². The molecule has 13 heteroatoms. The largest absolute Gasteiger partial charge is 0.481 e. The molecule has 0 bridgehead atoms. The molecule has 0 amide bonds. The molecule has 0 aromatic heterocycles. The predicted octanol–water partition coefficient (Wildman–Crippen LogP) is 5.77. The molecule has 0 spiro atoms. The Morgan fingerprint density at radius 1 is 0.432 bits per heavy atom. The van der Waals surface area contributed by atoms with Crippen LogP contribution in [-0.2, 0) is 28.8 Å². The van der Waals surface area contributed by atoms with Crippen LogP contribution in [0.5, 0.6) is 0 Å². The first-order valence-electron chi connectivity index (χ1n) is 14.7. The molecule has 0 aliphatic rings. The highest BCUT2D eigenvalue weighted by molar-refractivity contribution is 5.93. The van der Waals surface area contributed by atoms with Crippen molar-refractivity contribution in [2.75, 3.05) is 6.61 Å². The molecule has 0 rings (SSSR count). The van der Waals surface area contributed by atoms with Crippen LogP contribution in [0.2, 0.25) is 0 Å². The number of allylic oxidation sites excluding steroid dienone is 3. The van der Waals surface area contributed by atoms with E-state index in [4.69, 9.17) is 35.7 Å². The maximum atomic E-state index is 10.5. The number of carboxylic acid groups (broad SMARTS) is 6. The van der Waals surface area contributed by atoms with Crippen molar-refractivity contribution in [2.24, 2.45) is 0 Å². The summed E-state index contributed by atoms with van der Waals surface area (Å²) in [6.45, 7) is 8.37. The number of hydrogen-bond acceptors (Lipinski definition) is 7. The van der Waals surface area contributed by atoms with Crippen molar-refractivity contribution in [1.29, 1.82) is 0 Å². The standard InChI is InChI=1S/3C9H14O4.C4H10O/c3*1-2-3-4-5-7(9(12)13)6-8(10)11;1-2-3-4-5/h3*5H,2-4,6H2,1H3,(H,10,11)(H,12,13);5H,2-4H2,1H3. The van der Waals surface area contributed by atoms with Gasteiger partial charge in [0, 0.05) is 23.3 Å². The maximum absolute atomic E-state index is 10.5. The van der Waals surface area contributed by atoms with Crippen molar-refractivity contribution in [1.82, 2.24) is 0 Å². The van der Waals surface area contributed by atoms with Gasteiger partial charge >= 0.3 is 35.8 Å². The highest BCUT2D eigenvalue weighted by atomic mass is 16.4. The average molecular weight is 633 g/mol. The van der Waals surface area contributed by atoms with Gasteiger partial charge in [0.15, 0.2) is 0 Å². The Morgan fingerprint density at radius 3 is 0.773 bits per heavy atom. The molecule has 13 nitrogen and oxygen atoms in total. The summed E-state index contributed by atoms with van der Waals surface area (Å²) in [5, 5.41) is 59.0. The van der Waals surface area contributed by atoms with Crippen LogP contribution in [0.15, 0.2) is 34.9 Å². The first kappa shape index (κ1) is 46.9. The molecular formula is C31H52O13. The molecule has 7 N–H and O–H groups in total. The fourth-order valence-electron chi connectivity index (χ4n) is 2.79. The van der Waals surface area contributed by atoms with Crippen molar-refractivity contribution in [3.63, 3.8) is 0 Å². The van der Waals surface area contributed by atoms with Crippen LogP contribution in [0.4, 0.5) is 0 Å². The number of carbonyl (C=O) groups is 6. The van der Waals surface area contributed by atoms with E-state index in [2.05, 4.69) is 6.92 Å². The highest BCUT2D eigenvalue weighted by Crippen LogP contribution is 2.08. The molecule has 44 heavy (non-hydrogen) atoms. The van der Waals surface area contributed by atoms with E-state index in [1.165, 1.54) is 18.2 Å². The minimum atomic E-state index is -1.14. The molecule has 0 unspecified atom stereocenters. The lowest BCUT2D eigenvalue weighted by molar-refractivity contribution is -0.139. The third kappa shape index (κ3) is 38.0. The van der Waals surface area contributed by atoms with Gasteiger partial charge in [0.2, 0.25) is 0 Å². The van der Waals surface area contributed by atoms with Crippen molar-refractivity contribution in [2.45, 2.75) is 118 Å². The Hall–Kier alpha value is -4.00. The second kappa shape index (κ2) is 33.5. The molecule has 254 valence electrons. The van der Waals surface area contributed by atoms with Gasteiger partial charge in [0.05, 0.1) is 19.3 Å². The molecule has 0 aromatic rings. The molecule has 0 aromatic carbocycles. The molecule has 0 heterocycles. The van der Waals surface area contributed by atoms with Crippen LogP contribution in [0.1, 0.15) is 118 Å². The lowest BCUT2D eigenvalue weighted by Crippen LogP contribution is -2.06. The van der Waals surface area contributed by atoms with E-state index >= 15 is 0 Å². The van der Waals surface area contributed by atoms with Crippen molar-refractivity contribution < 1.29 is 64.5 Å². The van der Waals surface area contributed by atoms with E-state index < -0.39 is 55.1 Å². The Balaban J connectivity index is -0.000000253. The predicted molar refractivity (Wildman–Crippen MR) is 164 cm³/mol. The second-order valence-corrected chi connectivity index (χ2v) is 9.32. The fourth-order valence-corrected chi connectivity index (χ4v) is 2.79. The zero-order valence-corrected chi connectivity index (χ0v) is 26.4. The van der Waals surface area contributed by atoms with E-state index in [-0.39, 0.29) is 16.7 Å². The Bertz CT molecular complexity index is 815. The van der Waals surface area contributed by atoms with Gasteiger partial charge in [0.25, 0.3) is 0 Å². The molecule has 0 aliphatic heterocycles. The van der Waals surface area contributed by atoms with Crippen LogP contribution >= 0.6 is 0 Å². The minimum Gasteiger partial charge on any atom is -0.481 e. The van der Waals surface area contributed by atoms with Gasteiger partial charge in [-0.1, -0.05) is 90.9 Å². The van der Waals surface area contributed by atoms with Gasteiger partial charge < -0.3 is 35.7 Å².